The molecule has 0 saturated heterocycles. The van der Waals surface area contributed by atoms with Crippen LogP contribution in [0.1, 0.15) is 34.8 Å². The number of carbonyl (C=O) groups is 1. The van der Waals surface area contributed by atoms with Crippen LogP contribution in [0.15, 0.2) is 40.8 Å². The van der Waals surface area contributed by atoms with Crippen LogP contribution >= 0.6 is 0 Å². The summed E-state index contributed by atoms with van der Waals surface area (Å²) in [5, 5.41) is 2.73. The highest BCUT2D eigenvalue weighted by atomic mass is 19.3. The van der Waals surface area contributed by atoms with Crippen LogP contribution in [0.25, 0.3) is 0 Å². The summed E-state index contributed by atoms with van der Waals surface area (Å²) in [5.74, 6) is 0.926. The second kappa shape index (κ2) is 6.39. The van der Waals surface area contributed by atoms with Crippen molar-refractivity contribution in [3.63, 3.8) is 0 Å². The van der Waals surface area contributed by atoms with Crippen LogP contribution in [0.2, 0.25) is 0 Å². The van der Waals surface area contributed by atoms with Crippen molar-refractivity contribution >= 4 is 5.91 Å². The molecule has 1 unspecified atom stereocenters. The molecule has 6 heteroatoms. The quantitative estimate of drug-likeness (QED) is 0.915. The lowest BCUT2D eigenvalue weighted by atomic mass is 10.1. The number of hydrogen-bond donors (Lipinski definition) is 1. The number of alkyl halides is 2. The SMILES string of the molecule is Cc1ccc(C(C)NC(=O)c2cccc(OC(F)F)c2)o1. The maximum absolute atomic E-state index is 12.2. The Balaban J connectivity index is 2.06. The highest BCUT2D eigenvalue weighted by molar-refractivity contribution is 5.94. The van der Waals surface area contributed by atoms with Gasteiger partial charge in [-0.2, -0.15) is 8.78 Å². The number of benzene rings is 1. The number of ether oxygens (including phenoxy) is 1. The smallest absolute Gasteiger partial charge is 0.387 e. The molecule has 112 valence electrons. The van der Waals surface area contributed by atoms with Crippen LogP contribution in [0.3, 0.4) is 0 Å². The van der Waals surface area contributed by atoms with E-state index in [2.05, 4.69) is 10.1 Å². The van der Waals surface area contributed by atoms with E-state index >= 15 is 0 Å². The molecule has 1 aromatic carbocycles. The van der Waals surface area contributed by atoms with Crippen LogP contribution < -0.4 is 10.1 Å². The van der Waals surface area contributed by atoms with E-state index in [0.29, 0.717) is 5.76 Å². The van der Waals surface area contributed by atoms with Gasteiger partial charge in [0.1, 0.15) is 17.3 Å². The van der Waals surface area contributed by atoms with E-state index in [1.807, 2.05) is 6.92 Å². The molecular formula is C15H15F2NO3. The second-order valence-electron chi connectivity index (χ2n) is 4.55. The van der Waals surface area contributed by atoms with Crippen molar-refractivity contribution in [3.8, 4) is 5.75 Å². The molecule has 1 N–H and O–H groups in total. The van der Waals surface area contributed by atoms with Gasteiger partial charge in [-0.25, -0.2) is 0 Å². The Hall–Kier alpha value is -2.37. The maximum Gasteiger partial charge on any atom is 0.387 e. The van der Waals surface area contributed by atoms with Gasteiger partial charge >= 0.3 is 6.61 Å². The Bertz CT molecular complexity index is 625. The molecule has 1 heterocycles. The summed E-state index contributed by atoms with van der Waals surface area (Å²) in [6.45, 7) is 0.659. The van der Waals surface area contributed by atoms with E-state index in [0.717, 1.165) is 5.76 Å². The Morgan fingerprint density at radius 1 is 1.29 bits per heavy atom. The van der Waals surface area contributed by atoms with Crippen LogP contribution in [-0.4, -0.2) is 12.5 Å². The molecule has 1 aromatic heterocycles. The van der Waals surface area contributed by atoms with Crippen molar-refractivity contribution in [2.45, 2.75) is 26.5 Å². The van der Waals surface area contributed by atoms with E-state index in [1.54, 1.807) is 19.1 Å². The molecule has 0 aliphatic rings. The first-order valence-corrected chi connectivity index (χ1v) is 6.38. The van der Waals surface area contributed by atoms with Crippen molar-refractivity contribution in [1.82, 2.24) is 5.32 Å². The molecule has 0 aliphatic carbocycles. The summed E-state index contributed by atoms with van der Waals surface area (Å²) in [6.07, 6.45) is 0. The lowest BCUT2D eigenvalue weighted by molar-refractivity contribution is -0.0498. The van der Waals surface area contributed by atoms with Gasteiger partial charge in [-0.3, -0.25) is 4.79 Å². The van der Waals surface area contributed by atoms with Crippen molar-refractivity contribution in [2.24, 2.45) is 0 Å². The number of amides is 1. The largest absolute Gasteiger partial charge is 0.464 e. The zero-order chi connectivity index (χ0) is 15.4. The summed E-state index contributed by atoms with van der Waals surface area (Å²) >= 11 is 0. The van der Waals surface area contributed by atoms with Gasteiger partial charge in [0.15, 0.2) is 0 Å². The first-order valence-electron chi connectivity index (χ1n) is 6.38. The summed E-state index contributed by atoms with van der Waals surface area (Å²) < 4.78 is 34.0. The molecule has 0 bridgehead atoms. The molecule has 0 spiro atoms. The minimum Gasteiger partial charge on any atom is -0.464 e. The topological polar surface area (TPSA) is 51.5 Å². The second-order valence-corrected chi connectivity index (χ2v) is 4.55. The molecule has 0 aliphatic heterocycles. The zero-order valence-electron chi connectivity index (χ0n) is 11.6. The third-order valence-corrected chi connectivity index (χ3v) is 2.86. The lowest BCUT2D eigenvalue weighted by Crippen LogP contribution is -2.26. The Morgan fingerprint density at radius 3 is 2.67 bits per heavy atom. The highest BCUT2D eigenvalue weighted by Gasteiger charge is 2.15. The Kier molecular flexibility index (Phi) is 4.57. The van der Waals surface area contributed by atoms with Crippen LogP contribution in [0, 0.1) is 6.92 Å². The number of halogens is 2. The summed E-state index contributed by atoms with van der Waals surface area (Å²) in [5.41, 5.74) is 0.239. The van der Waals surface area contributed by atoms with Gasteiger partial charge in [-0.1, -0.05) is 6.07 Å². The Labute approximate surface area is 120 Å². The fourth-order valence-corrected chi connectivity index (χ4v) is 1.85. The van der Waals surface area contributed by atoms with Crippen LogP contribution in [0.5, 0.6) is 5.75 Å². The van der Waals surface area contributed by atoms with Gasteiger partial charge in [0.25, 0.3) is 5.91 Å². The maximum atomic E-state index is 12.2. The molecule has 21 heavy (non-hydrogen) atoms. The minimum atomic E-state index is -2.92. The van der Waals surface area contributed by atoms with E-state index in [9.17, 15) is 13.6 Å². The number of furan rings is 1. The van der Waals surface area contributed by atoms with Gasteiger partial charge in [-0.05, 0) is 44.2 Å². The molecular weight excluding hydrogens is 280 g/mol. The molecule has 4 nitrogen and oxygen atoms in total. The number of nitrogens with one attached hydrogen (secondary N) is 1. The lowest BCUT2D eigenvalue weighted by Gasteiger charge is -2.12. The van der Waals surface area contributed by atoms with Gasteiger partial charge in [-0.15, -0.1) is 0 Å². The van der Waals surface area contributed by atoms with Crippen LogP contribution in [0.4, 0.5) is 8.78 Å². The number of aryl methyl sites for hydroxylation is 1. The number of hydrogen-bond acceptors (Lipinski definition) is 3. The summed E-state index contributed by atoms with van der Waals surface area (Å²) in [7, 11) is 0. The standard InChI is InChI=1S/C15H15F2NO3/c1-9-6-7-13(20-9)10(2)18-14(19)11-4-3-5-12(8-11)21-15(16)17/h3-8,10,15H,1-2H3,(H,18,19). The predicted molar refractivity (Wildman–Crippen MR) is 72.4 cm³/mol. The molecule has 0 radical (unpaired) electrons. The summed E-state index contributed by atoms with van der Waals surface area (Å²) in [6, 6.07) is 8.88. The van der Waals surface area contributed by atoms with E-state index in [4.69, 9.17) is 4.42 Å². The van der Waals surface area contributed by atoms with E-state index in [1.165, 1.54) is 24.3 Å². The molecule has 1 amide bonds. The number of rotatable bonds is 5. The molecule has 2 rings (SSSR count). The van der Waals surface area contributed by atoms with Gasteiger partial charge in [0.05, 0.1) is 6.04 Å². The molecule has 2 aromatic rings. The van der Waals surface area contributed by atoms with Crippen molar-refractivity contribution in [1.29, 1.82) is 0 Å². The van der Waals surface area contributed by atoms with Crippen LogP contribution in [-0.2, 0) is 0 Å². The predicted octanol–water partition coefficient (Wildman–Crippen LogP) is 3.68. The highest BCUT2D eigenvalue weighted by Crippen LogP contribution is 2.19. The molecule has 0 saturated carbocycles. The molecule has 1 atom stereocenters. The third kappa shape index (κ3) is 4.05. The van der Waals surface area contributed by atoms with Gasteiger partial charge in [0, 0.05) is 5.56 Å². The fraction of sp³-hybridized carbons (Fsp3) is 0.267. The third-order valence-electron chi connectivity index (χ3n) is 2.86. The first-order chi connectivity index (χ1) is 9.95. The van der Waals surface area contributed by atoms with Gasteiger partial charge < -0.3 is 14.5 Å². The fourth-order valence-electron chi connectivity index (χ4n) is 1.85. The van der Waals surface area contributed by atoms with Crippen molar-refractivity contribution in [3.05, 3.63) is 53.5 Å². The average molecular weight is 295 g/mol. The zero-order valence-corrected chi connectivity index (χ0v) is 11.6. The minimum absolute atomic E-state index is 0.0563. The average Bonchev–Trinajstić information content (AvgIpc) is 2.85. The van der Waals surface area contributed by atoms with E-state index in [-0.39, 0.29) is 17.4 Å². The molecule has 0 fully saturated rings. The first kappa shape index (κ1) is 15.0. The van der Waals surface area contributed by atoms with Gasteiger partial charge in [0.2, 0.25) is 0 Å². The van der Waals surface area contributed by atoms with E-state index < -0.39 is 12.5 Å². The normalized spacial score (nSPS) is 12.2. The Morgan fingerprint density at radius 2 is 2.05 bits per heavy atom. The van der Waals surface area contributed by atoms with Crippen molar-refractivity contribution < 1.29 is 22.7 Å². The summed E-state index contributed by atoms with van der Waals surface area (Å²) in [4.78, 5) is 12.1. The monoisotopic (exact) mass is 295 g/mol. The van der Waals surface area contributed by atoms with Crippen molar-refractivity contribution in [2.75, 3.05) is 0 Å². The number of carbonyl (C=O) groups excluding carboxylic acids is 1.